The summed E-state index contributed by atoms with van der Waals surface area (Å²) >= 11 is 0. The smallest absolute Gasteiger partial charge is 0.0467 e. The van der Waals surface area contributed by atoms with E-state index < -0.39 is 0 Å². The van der Waals surface area contributed by atoms with Gasteiger partial charge >= 0.3 is 0 Å². The fraction of sp³-hybridized carbons (Fsp3) is 1.00. The number of hydrogen-bond acceptors (Lipinski definition) is 3. The molecule has 92 valence electrons. The van der Waals surface area contributed by atoms with E-state index in [1.807, 2.05) is 0 Å². The number of ether oxygens (including phenoxy) is 1. The van der Waals surface area contributed by atoms with Crippen LogP contribution in [0.3, 0.4) is 0 Å². The highest BCUT2D eigenvalue weighted by molar-refractivity contribution is 4.73. The average Bonchev–Trinajstić information content (AvgIpc) is 2.15. The number of hydrogen-bond donors (Lipinski definition) is 2. The van der Waals surface area contributed by atoms with Crippen molar-refractivity contribution in [2.24, 2.45) is 11.1 Å². The van der Waals surface area contributed by atoms with Gasteiger partial charge in [0.15, 0.2) is 0 Å². The van der Waals surface area contributed by atoms with E-state index in [1.165, 1.54) is 0 Å². The summed E-state index contributed by atoms with van der Waals surface area (Å²) in [6, 6.07) is 0.299. The molecule has 0 aliphatic heterocycles. The molecule has 0 aromatic heterocycles. The number of methoxy groups -OCH3 is 1. The third-order valence-electron chi connectivity index (χ3n) is 2.65. The first-order valence-corrected chi connectivity index (χ1v) is 5.97. The molecule has 3 heteroatoms. The minimum atomic E-state index is 0.294. The molecule has 0 fully saturated rings. The second-order valence-electron chi connectivity index (χ2n) is 5.09. The van der Waals surface area contributed by atoms with Crippen LogP contribution in [0, 0.1) is 5.41 Å². The Hall–Kier alpha value is -0.120. The third-order valence-corrected chi connectivity index (χ3v) is 2.65. The maximum Gasteiger partial charge on any atom is 0.0467 e. The molecule has 15 heavy (non-hydrogen) atoms. The van der Waals surface area contributed by atoms with E-state index in [0.29, 0.717) is 11.5 Å². The molecule has 1 atom stereocenters. The summed E-state index contributed by atoms with van der Waals surface area (Å²) in [5.41, 5.74) is 6.22. The second-order valence-corrected chi connectivity index (χ2v) is 5.09. The average molecular weight is 216 g/mol. The van der Waals surface area contributed by atoms with Crippen molar-refractivity contribution in [2.45, 2.75) is 46.1 Å². The molecule has 0 aliphatic carbocycles. The van der Waals surface area contributed by atoms with Gasteiger partial charge < -0.3 is 15.8 Å². The van der Waals surface area contributed by atoms with E-state index in [4.69, 9.17) is 10.5 Å². The van der Waals surface area contributed by atoms with E-state index in [2.05, 4.69) is 26.1 Å². The van der Waals surface area contributed by atoms with Crippen molar-refractivity contribution in [3.8, 4) is 0 Å². The Morgan fingerprint density at radius 3 is 2.60 bits per heavy atom. The molecule has 3 nitrogen and oxygen atoms in total. The number of rotatable bonds is 9. The predicted octanol–water partition coefficient (Wildman–Crippen LogP) is 1.77. The van der Waals surface area contributed by atoms with Crippen LogP contribution in [0.1, 0.15) is 40.0 Å². The van der Waals surface area contributed by atoms with Crippen molar-refractivity contribution < 1.29 is 4.74 Å². The normalized spacial score (nSPS) is 14.2. The first-order chi connectivity index (χ1) is 7.02. The highest BCUT2D eigenvalue weighted by atomic mass is 16.5. The third kappa shape index (κ3) is 8.85. The van der Waals surface area contributed by atoms with E-state index in [9.17, 15) is 0 Å². The Morgan fingerprint density at radius 2 is 2.07 bits per heavy atom. The molecular weight excluding hydrogens is 188 g/mol. The van der Waals surface area contributed by atoms with E-state index in [0.717, 1.165) is 39.0 Å². The largest absolute Gasteiger partial charge is 0.385 e. The van der Waals surface area contributed by atoms with Crippen molar-refractivity contribution in [3.05, 3.63) is 0 Å². The van der Waals surface area contributed by atoms with Crippen LogP contribution in [0.25, 0.3) is 0 Å². The Bertz CT molecular complexity index is 149. The van der Waals surface area contributed by atoms with Crippen LogP contribution in [-0.4, -0.2) is 32.8 Å². The molecule has 0 rings (SSSR count). The molecule has 0 amide bonds. The van der Waals surface area contributed by atoms with Crippen LogP contribution in [0.2, 0.25) is 0 Å². The lowest BCUT2D eigenvalue weighted by Gasteiger charge is -2.25. The van der Waals surface area contributed by atoms with Crippen molar-refractivity contribution in [1.82, 2.24) is 5.32 Å². The predicted molar refractivity (Wildman–Crippen MR) is 66.0 cm³/mol. The standard InChI is InChI=1S/C12H28N2O/c1-5-6-11(13)9-14-10-12(2,3)7-8-15-4/h11,14H,5-10,13H2,1-4H3. The zero-order valence-corrected chi connectivity index (χ0v) is 10.8. The Kier molecular flexibility index (Phi) is 8.02. The monoisotopic (exact) mass is 216 g/mol. The summed E-state index contributed by atoms with van der Waals surface area (Å²) in [5.74, 6) is 0. The lowest BCUT2D eigenvalue weighted by atomic mass is 9.89. The molecule has 1 unspecified atom stereocenters. The van der Waals surface area contributed by atoms with Crippen LogP contribution >= 0.6 is 0 Å². The quantitative estimate of drug-likeness (QED) is 0.617. The zero-order chi connectivity index (χ0) is 11.7. The van der Waals surface area contributed by atoms with Crippen LogP contribution in [-0.2, 0) is 4.74 Å². The van der Waals surface area contributed by atoms with Gasteiger partial charge in [0.1, 0.15) is 0 Å². The van der Waals surface area contributed by atoms with Crippen molar-refractivity contribution in [2.75, 3.05) is 26.8 Å². The van der Waals surface area contributed by atoms with Gasteiger partial charge in [0.05, 0.1) is 0 Å². The second kappa shape index (κ2) is 8.08. The minimum Gasteiger partial charge on any atom is -0.385 e. The minimum absolute atomic E-state index is 0.294. The topological polar surface area (TPSA) is 47.3 Å². The molecule has 0 saturated carbocycles. The highest BCUT2D eigenvalue weighted by Gasteiger charge is 2.17. The fourth-order valence-electron chi connectivity index (χ4n) is 1.54. The molecule has 0 saturated heterocycles. The Morgan fingerprint density at radius 1 is 1.40 bits per heavy atom. The summed E-state index contributed by atoms with van der Waals surface area (Å²) in [4.78, 5) is 0. The Balaban J connectivity index is 3.55. The molecule has 0 radical (unpaired) electrons. The lowest BCUT2D eigenvalue weighted by Crippen LogP contribution is -2.38. The zero-order valence-electron chi connectivity index (χ0n) is 10.8. The van der Waals surface area contributed by atoms with Crippen molar-refractivity contribution in [1.29, 1.82) is 0 Å². The van der Waals surface area contributed by atoms with Gasteiger partial charge in [-0.3, -0.25) is 0 Å². The highest BCUT2D eigenvalue weighted by Crippen LogP contribution is 2.18. The van der Waals surface area contributed by atoms with Gasteiger partial charge in [-0.25, -0.2) is 0 Å². The van der Waals surface area contributed by atoms with Crippen LogP contribution in [0.4, 0.5) is 0 Å². The van der Waals surface area contributed by atoms with Gasteiger partial charge in [-0.2, -0.15) is 0 Å². The van der Waals surface area contributed by atoms with Gasteiger partial charge in [0, 0.05) is 32.8 Å². The van der Waals surface area contributed by atoms with Gasteiger partial charge in [0.25, 0.3) is 0 Å². The molecule has 0 heterocycles. The lowest BCUT2D eigenvalue weighted by molar-refractivity contribution is 0.150. The van der Waals surface area contributed by atoms with Crippen LogP contribution < -0.4 is 11.1 Å². The maximum absolute atomic E-state index is 5.93. The van der Waals surface area contributed by atoms with Crippen LogP contribution in [0.15, 0.2) is 0 Å². The fourth-order valence-corrected chi connectivity index (χ4v) is 1.54. The molecular formula is C12H28N2O. The summed E-state index contributed by atoms with van der Waals surface area (Å²) in [5, 5.41) is 3.44. The van der Waals surface area contributed by atoms with E-state index >= 15 is 0 Å². The molecule has 0 aliphatic rings. The van der Waals surface area contributed by atoms with Crippen LogP contribution in [0.5, 0.6) is 0 Å². The van der Waals surface area contributed by atoms with Crippen molar-refractivity contribution in [3.63, 3.8) is 0 Å². The van der Waals surface area contributed by atoms with Gasteiger partial charge in [-0.15, -0.1) is 0 Å². The summed E-state index contributed by atoms with van der Waals surface area (Å²) in [7, 11) is 1.75. The molecule has 0 spiro atoms. The van der Waals surface area contributed by atoms with Gasteiger partial charge in [0.2, 0.25) is 0 Å². The Labute approximate surface area is 94.8 Å². The van der Waals surface area contributed by atoms with E-state index in [1.54, 1.807) is 7.11 Å². The number of nitrogens with two attached hydrogens (primary N) is 1. The molecule has 0 aromatic rings. The summed E-state index contributed by atoms with van der Waals surface area (Å²) in [6.45, 7) is 9.44. The number of nitrogens with one attached hydrogen (secondary N) is 1. The molecule has 0 bridgehead atoms. The van der Waals surface area contributed by atoms with Crippen molar-refractivity contribution >= 4 is 0 Å². The summed E-state index contributed by atoms with van der Waals surface area (Å²) in [6.07, 6.45) is 3.35. The first kappa shape index (κ1) is 14.9. The van der Waals surface area contributed by atoms with Gasteiger partial charge in [-0.05, 0) is 18.3 Å². The van der Waals surface area contributed by atoms with Gasteiger partial charge in [-0.1, -0.05) is 27.2 Å². The van der Waals surface area contributed by atoms with E-state index in [-0.39, 0.29) is 0 Å². The molecule has 3 N–H and O–H groups in total. The first-order valence-electron chi connectivity index (χ1n) is 5.97. The SMILES string of the molecule is CCCC(N)CNCC(C)(C)CCOC. The summed E-state index contributed by atoms with van der Waals surface area (Å²) < 4.78 is 5.09. The maximum atomic E-state index is 5.93. The molecule has 0 aromatic carbocycles.